The van der Waals surface area contributed by atoms with E-state index in [1.165, 1.54) is 5.56 Å². The molecule has 0 fully saturated rings. The summed E-state index contributed by atoms with van der Waals surface area (Å²) in [5.74, 6) is -5.51. The van der Waals surface area contributed by atoms with Crippen molar-refractivity contribution in [1.82, 2.24) is 19.4 Å². The van der Waals surface area contributed by atoms with Crippen LogP contribution in [0.1, 0.15) is 21.8 Å². The van der Waals surface area contributed by atoms with Gasteiger partial charge in [0.05, 0.1) is 13.1 Å². The number of hydrogen-bond acceptors (Lipinski definition) is 7. The lowest BCUT2D eigenvalue weighted by Crippen LogP contribution is -2.27. The third-order valence-electron chi connectivity index (χ3n) is 5.14. The summed E-state index contributed by atoms with van der Waals surface area (Å²) >= 11 is 1.70. The third kappa shape index (κ3) is 10.5. The highest BCUT2D eigenvalue weighted by atomic mass is 32.1. The number of nitrogens with zero attached hydrogens (tertiary/aromatic N) is 4. The van der Waals surface area contributed by atoms with Crippen LogP contribution in [0.3, 0.4) is 0 Å². The number of carboxylic acid groups (broad SMARTS) is 2. The van der Waals surface area contributed by atoms with Gasteiger partial charge in [0.2, 0.25) is 0 Å². The molecule has 0 saturated heterocycles. The van der Waals surface area contributed by atoms with E-state index in [-0.39, 0.29) is 5.56 Å². The number of pyridine rings is 2. The van der Waals surface area contributed by atoms with Gasteiger partial charge >= 0.3 is 24.3 Å². The minimum absolute atomic E-state index is 0.0657. The van der Waals surface area contributed by atoms with Gasteiger partial charge in [-0.2, -0.15) is 26.3 Å². The van der Waals surface area contributed by atoms with Crippen LogP contribution >= 0.6 is 11.3 Å². The Morgan fingerprint density at radius 1 is 0.923 bits per heavy atom. The molecule has 2 N–H and O–H groups in total. The topological polar surface area (TPSA) is 126 Å². The number of aliphatic carboxylic acids is 2. The van der Waals surface area contributed by atoms with Crippen LogP contribution in [-0.2, 0) is 35.5 Å². The molecule has 0 atom stereocenters. The van der Waals surface area contributed by atoms with E-state index >= 15 is 0 Å². The zero-order chi connectivity index (χ0) is 29.2. The molecule has 1 aliphatic heterocycles. The molecular formula is C23H22F6N4O5S. The van der Waals surface area contributed by atoms with Gasteiger partial charge in [0.25, 0.3) is 5.56 Å². The lowest BCUT2D eigenvalue weighted by Gasteiger charge is -2.18. The van der Waals surface area contributed by atoms with Crippen LogP contribution in [0.4, 0.5) is 26.3 Å². The van der Waals surface area contributed by atoms with Crippen LogP contribution in [-0.4, -0.2) is 67.0 Å². The third-order valence-corrected chi connectivity index (χ3v) is 5.91. The van der Waals surface area contributed by atoms with Gasteiger partial charge in [-0.25, -0.2) is 14.6 Å². The number of carbonyl (C=O) groups is 2. The fourth-order valence-electron chi connectivity index (χ4n) is 3.37. The van der Waals surface area contributed by atoms with E-state index in [1.54, 1.807) is 23.6 Å². The van der Waals surface area contributed by atoms with Gasteiger partial charge in [-0.3, -0.25) is 14.7 Å². The molecule has 4 rings (SSSR count). The normalized spacial score (nSPS) is 13.6. The number of fused-ring (bicyclic) bond motifs is 1. The Morgan fingerprint density at radius 3 is 2.05 bits per heavy atom. The summed E-state index contributed by atoms with van der Waals surface area (Å²) in [4.78, 5) is 41.2. The van der Waals surface area contributed by atoms with Crippen molar-refractivity contribution >= 4 is 23.3 Å². The van der Waals surface area contributed by atoms with Crippen molar-refractivity contribution in [3.05, 3.63) is 80.4 Å². The first-order valence-corrected chi connectivity index (χ1v) is 11.9. The van der Waals surface area contributed by atoms with Crippen LogP contribution in [0.2, 0.25) is 0 Å². The van der Waals surface area contributed by atoms with E-state index in [9.17, 15) is 31.1 Å². The number of alkyl halides is 6. The maximum absolute atomic E-state index is 12.5. The standard InChI is InChI=1S/C19H20N4OS.2C2HF3O2/c24-19-4-3-16-5-9-22(14-18-21-8-11-25-18)10-6-17(16)23(19)13-15-2-1-7-20-12-15;2*3-2(4,5)1(6)7/h1-4,7-8,11-12H,5-6,9-10,13-14H2;2*(H,6,7). The van der Waals surface area contributed by atoms with Crippen molar-refractivity contribution in [3.8, 4) is 0 Å². The monoisotopic (exact) mass is 580 g/mol. The van der Waals surface area contributed by atoms with Crippen molar-refractivity contribution in [2.45, 2.75) is 38.3 Å². The highest BCUT2D eigenvalue weighted by molar-refractivity contribution is 7.09. The summed E-state index contributed by atoms with van der Waals surface area (Å²) in [7, 11) is 0. The fourth-order valence-corrected chi connectivity index (χ4v) is 4.03. The summed E-state index contributed by atoms with van der Waals surface area (Å²) in [6, 6.07) is 7.64. The molecule has 0 amide bonds. The molecule has 4 heterocycles. The van der Waals surface area contributed by atoms with E-state index in [1.807, 2.05) is 40.5 Å². The lowest BCUT2D eigenvalue weighted by atomic mass is 10.1. The Labute approximate surface area is 221 Å². The van der Waals surface area contributed by atoms with E-state index in [4.69, 9.17) is 19.8 Å². The predicted molar refractivity (Wildman–Crippen MR) is 126 cm³/mol. The summed E-state index contributed by atoms with van der Waals surface area (Å²) < 4.78 is 65.4. The van der Waals surface area contributed by atoms with Gasteiger partial charge < -0.3 is 14.8 Å². The number of thiazole rings is 1. The molecule has 0 aromatic carbocycles. The summed E-state index contributed by atoms with van der Waals surface area (Å²) in [5.41, 5.74) is 3.57. The second-order valence-corrected chi connectivity index (χ2v) is 8.88. The average Bonchev–Trinajstić information content (AvgIpc) is 3.28. The molecule has 0 bridgehead atoms. The quantitative estimate of drug-likeness (QED) is 0.449. The lowest BCUT2D eigenvalue weighted by molar-refractivity contribution is -0.193. The molecule has 0 aliphatic carbocycles. The first kappa shape index (κ1) is 31.4. The molecule has 1 aliphatic rings. The molecule has 0 saturated carbocycles. The first-order chi connectivity index (χ1) is 18.2. The SMILES string of the molecule is O=C(O)C(F)(F)F.O=C(O)C(F)(F)F.O=c1ccc2c(n1Cc1cccnc1)CCN(Cc1nccs1)CC2. The Hall–Kier alpha value is -3.79. The Balaban J connectivity index is 0.000000317. The number of rotatable bonds is 4. The predicted octanol–water partition coefficient (Wildman–Crippen LogP) is 3.62. The van der Waals surface area contributed by atoms with Crippen LogP contribution in [0.15, 0.2) is 53.0 Å². The van der Waals surface area contributed by atoms with Crippen molar-refractivity contribution < 1.29 is 46.1 Å². The average molecular weight is 581 g/mol. The fraction of sp³-hybridized carbons (Fsp3) is 0.348. The molecule has 212 valence electrons. The number of hydrogen-bond donors (Lipinski definition) is 2. The van der Waals surface area contributed by atoms with Crippen molar-refractivity contribution in [2.24, 2.45) is 0 Å². The number of aromatic nitrogens is 3. The van der Waals surface area contributed by atoms with E-state index in [0.717, 1.165) is 48.7 Å². The van der Waals surface area contributed by atoms with Gasteiger partial charge in [-0.05, 0) is 23.6 Å². The largest absolute Gasteiger partial charge is 0.490 e. The molecule has 9 nitrogen and oxygen atoms in total. The van der Waals surface area contributed by atoms with Gasteiger partial charge in [0.15, 0.2) is 0 Å². The van der Waals surface area contributed by atoms with Crippen molar-refractivity contribution in [1.29, 1.82) is 0 Å². The molecule has 0 spiro atoms. The molecular weight excluding hydrogens is 558 g/mol. The first-order valence-electron chi connectivity index (χ1n) is 11.0. The maximum Gasteiger partial charge on any atom is 0.490 e. The molecule has 39 heavy (non-hydrogen) atoms. The van der Waals surface area contributed by atoms with Crippen LogP contribution in [0.25, 0.3) is 0 Å². The number of halogens is 6. The maximum atomic E-state index is 12.5. The van der Waals surface area contributed by atoms with Crippen LogP contribution in [0.5, 0.6) is 0 Å². The zero-order valence-electron chi connectivity index (χ0n) is 19.9. The summed E-state index contributed by atoms with van der Waals surface area (Å²) in [6.45, 7) is 3.42. The zero-order valence-corrected chi connectivity index (χ0v) is 20.8. The van der Waals surface area contributed by atoms with E-state index in [0.29, 0.717) is 6.54 Å². The second kappa shape index (κ2) is 13.8. The second-order valence-electron chi connectivity index (χ2n) is 7.90. The van der Waals surface area contributed by atoms with Crippen LogP contribution in [0, 0.1) is 0 Å². The van der Waals surface area contributed by atoms with Gasteiger partial charge in [-0.1, -0.05) is 12.1 Å². The Morgan fingerprint density at radius 2 is 1.54 bits per heavy atom. The molecule has 16 heteroatoms. The van der Waals surface area contributed by atoms with Crippen molar-refractivity contribution in [2.75, 3.05) is 13.1 Å². The molecule has 0 unspecified atom stereocenters. The molecule has 0 radical (unpaired) electrons. The molecule has 3 aromatic rings. The minimum Gasteiger partial charge on any atom is -0.475 e. The summed E-state index contributed by atoms with van der Waals surface area (Å²) in [6.07, 6.45) is -2.87. The van der Waals surface area contributed by atoms with Gasteiger partial charge in [0.1, 0.15) is 5.01 Å². The highest BCUT2D eigenvalue weighted by Gasteiger charge is 2.38. The molecule has 3 aromatic heterocycles. The Bertz CT molecular complexity index is 1260. The Kier molecular flexibility index (Phi) is 11.2. The summed E-state index contributed by atoms with van der Waals surface area (Å²) in [5, 5.41) is 17.4. The van der Waals surface area contributed by atoms with Gasteiger partial charge in [-0.15, -0.1) is 11.3 Å². The minimum atomic E-state index is -5.08. The highest BCUT2D eigenvalue weighted by Crippen LogP contribution is 2.18. The number of carboxylic acids is 2. The van der Waals surface area contributed by atoms with E-state index < -0.39 is 24.3 Å². The van der Waals surface area contributed by atoms with E-state index in [2.05, 4.69) is 14.9 Å². The van der Waals surface area contributed by atoms with Gasteiger partial charge in [0, 0.05) is 55.2 Å². The van der Waals surface area contributed by atoms with Crippen LogP contribution < -0.4 is 5.56 Å². The van der Waals surface area contributed by atoms with Crippen molar-refractivity contribution in [3.63, 3.8) is 0 Å². The smallest absolute Gasteiger partial charge is 0.475 e.